The number of carbonyl (C=O) groups is 7. The smallest absolute Gasteiger partial charge is 0.431 e. The second-order valence-electron chi connectivity index (χ2n) is 30.1. The van der Waals surface area contributed by atoms with Gasteiger partial charge < -0.3 is 85.1 Å². The summed E-state index contributed by atoms with van der Waals surface area (Å²) in [5.41, 5.74) is 4.51. The molecule has 40 heteroatoms. The highest BCUT2D eigenvalue weighted by atomic mass is 35.5. The number of sulfone groups is 1. The van der Waals surface area contributed by atoms with Crippen LogP contribution in [-0.2, 0) is 91.4 Å². The third-order valence-corrected chi connectivity index (χ3v) is 23.0. The van der Waals surface area contributed by atoms with Crippen LogP contribution in [0.3, 0.4) is 0 Å². The van der Waals surface area contributed by atoms with Gasteiger partial charge in [0.25, 0.3) is 5.60 Å². The number of nitrogens with zero attached hydrogens (tertiary/aromatic N) is 7. The second kappa shape index (κ2) is 49.4. The molecule has 31 nitrogen and oxygen atoms in total. The van der Waals surface area contributed by atoms with Gasteiger partial charge in [-0.25, -0.2) is 22.7 Å². The number of hydrazone groups is 1. The molecule has 2 aliphatic rings. The van der Waals surface area contributed by atoms with Crippen LogP contribution in [0.4, 0.5) is 53.0 Å². The zero-order chi connectivity index (χ0) is 91.7. The first kappa shape index (κ1) is 101. The molecule has 3 atom stereocenters. The van der Waals surface area contributed by atoms with Crippen LogP contribution in [0, 0.1) is 11.8 Å². The van der Waals surface area contributed by atoms with Gasteiger partial charge in [0, 0.05) is 88.1 Å². The summed E-state index contributed by atoms with van der Waals surface area (Å²) >= 11 is 12.7. The highest BCUT2D eigenvalue weighted by molar-refractivity contribution is 7.91. The van der Waals surface area contributed by atoms with Crippen LogP contribution in [0.5, 0.6) is 0 Å². The van der Waals surface area contributed by atoms with Gasteiger partial charge in [-0.1, -0.05) is 139 Å². The normalized spacial score (nSPS) is 13.9. The summed E-state index contributed by atoms with van der Waals surface area (Å²) in [4.78, 5) is 95.5. The molecule has 1 aromatic heterocycles. The zero-order valence-electron chi connectivity index (χ0n) is 70.8. The standard InChI is InChI=1S/C87H107Cl2F6N13O18S/c1-58(2)78(101-76(111)32-38-119-42-46-123-50-51-125-48-44-121-40-35-98-75(110)30-31-77(112)106-56-64-13-5-6-17-67(64)79-80(68-18-7-8-21-71(68)106)107(104-102-79)37-41-122-45-49-124-47-43-120-39-34-97-3)73(109)54-63(15-11-33-99-83(96)114)82(113)100-65-28-22-59(23-29-65)57-126-84(115)105(4)36-12-52-127(117,118)66-16-9-14-62(53-66)60-24-26-61(27-25-60)72-55-74(85(116,86(90,91)92)87(93,94)95)103-108(72)81-69(88)19-10-20-70(81)89/h5-10,13-14,16-29,53,58,63,72,78,97,116H,11-12,15,30-52,54-57H2,1-4H3,(H,98,110)(H,100,113)(H,101,111)(H3,96,99,114)/t63-,72?,78+/m1/s1. The topological polar surface area (TPSA) is 387 Å². The van der Waals surface area contributed by atoms with Crippen LogP contribution >= 0.6 is 23.2 Å². The van der Waals surface area contributed by atoms with Crippen molar-refractivity contribution in [1.29, 1.82) is 0 Å². The van der Waals surface area contributed by atoms with Crippen LogP contribution in [0.1, 0.15) is 87.9 Å². The summed E-state index contributed by atoms with van der Waals surface area (Å²) in [6.07, 6.45) is -14.3. The van der Waals surface area contributed by atoms with Crippen molar-refractivity contribution in [3.05, 3.63) is 166 Å². The summed E-state index contributed by atoms with van der Waals surface area (Å²) in [7, 11) is -0.702. The number of rotatable bonds is 52. The highest BCUT2D eigenvalue weighted by Gasteiger charge is 2.74. The Hall–Kier alpha value is -10.2. The number of primary amides is 1. The lowest BCUT2D eigenvalue weighted by atomic mass is 9.89. The monoisotopic (exact) mass is 1840 g/mol. The summed E-state index contributed by atoms with van der Waals surface area (Å²) in [5.74, 6) is -3.58. The van der Waals surface area contributed by atoms with Crippen molar-refractivity contribution < 1.29 is 111 Å². The molecule has 0 radical (unpaired) electrons. The van der Waals surface area contributed by atoms with Crippen LogP contribution in [0.15, 0.2) is 150 Å². The summed E-state index contributed by atoms with van der Waals surface area (Å²) < 4.78 is 159. The number of ketones is 1. The fraction of sp³-hybridized carbons (Fsp3) is 0.471. The number of nitrogens with one attached hydrogen (secondary N) is 5. The van der Waals surface area contributed by atoms with E-state index in [-0.39, 0.29) is 175 Å². The Balaban J connectivity index is 0.627. The minimum Gasteiger partial charge on any atom is -0.445 e. The number of ether oxygens (including phenoxy) is 8. The molecule has 1 unspecified atom stereocenters. The number of urea groups is 1. The minimum absolute atomic E-state index is 0.0194. The molecule has 8 N–H and O–H groups in total. The molecule has 0 spiro atoms. The lowest BCUT2D eigenvalue weighted by Crippen LogP contribution is -2.62. The molecule has 2 aliphatic heterocycles. The van der Waals surface area contributed by atoms with Crippen LogP contribution in [0.25, 0.3) is 33.6 Å². The van der Waals surface area contributed by atoms with Crippen LogP contribution in [-0.4, -0.2) is 243 Å². The number of amides is 7. The summed E-state index contributed by atoms with van der Waals surface area (Å²) in [6, 6.07) is 34.2. The van der Waals surface area contributed by atoms with Gasteiger partial charge >= 0.3 is 24.5 Å². The van der Waals surface area contributed by atoms with Gasteiger partial charge in [-0.2, -0.15) is 31.4 Å². The van der Waals surface area contributed by atoms with E-state index in [4.69, 9.17) is 66.8 Å². The van der Waals surface area contributed by atoms with Crippen molar-refractivity contribution in [2.24, 2.45) is 22.7 Å². The molecular weight excluding hydrogens is 1730 g/mol. The van der Waals surface area contributed by atoms with Gasteiger partial charge in [-0.3, -0.25) is 29.0 Å². The summed E-state index contributed by atoms with van der Waals surface area (Å²) in [5, 5.41) is 37.5. The van der Waals surface area contributed by atoms with Gasteiger partial charge in [-0.05, 0) is 103 Å². The Kier molecular flexibility index (Phi) is 39.1. The number of benzene rings is 6. The van der Waals surface area contributed by atoms with Crippen molar-refractivity contribution in [3.63, 3.8) is 0 Å². The van der Waals surface area contributed by atoms with E-state index in [1.165, 1.54) is 72.6 Å². The Morgan fingerprint density at radius 2 is 1.25 bits per heavy atom. The minimum atomic E-state index is -6.21. The van der Waals surface area contributed by atoms with Crippen molar-refractivity contribution >= 4 is 97.3 Å². The fourth-order valence-corrected chi connectivity index (χ4v) is 15.8. The lowest BCUT2D eigenvalue weighted by molar-refractivity contribution is -0.338. The maximum absolute atomic E-state index is 14.1. The number of halogens is 8. The van der Waals surface area contributed by atoms with Crippen molar-refractivity contribution in [2.45, 2.75) is 120 Å². The van der Waals surface area contributed by atoms with Gasteiger partial charge in [-0.15, -0.1) is 5.10 Å². The Morgan fingerprint density at radius 1 is 0.654 bits per heavy atom. The highest BCUT2D eigenvalue weighted by Crippen LogP contribution is 2.51. The van der Waals surface area contributed by atoms with Crippen molar-refractivity contribution in [1.82, 2.24) is 41.2 Å². The molecule has 3 heterocycles. The molecule has 690 valence electrons. The Labute approximate surface area is 742 Å². The van der Waals surface area contributed by atoms with Gasteiger partial charge in [0.15, 0.2) is 15.6 Å². The first-order valence-corrected chi connectivity index (χ1v) is 43.8. The molecule has 7 aromatic rings. The number of anilines is 3. The number of fused-ring (bicyclic) bond motifs is 5. The number of hydrogen-bond donors (Lipinski definition) is 7. The van der Waals surface area contributed by atoms with Crippen LogP contribution in [0.2, 0.25) is 10.0 Å². The van der Waals surface area contributed by atoms with E-state index in [0.717, 1.165) is 33.9 Å². The molecule has 0 fully saturated rings. The van der Waals surface area contributed by atoms with E-state index in [9.17, 15) is 73.4 Å². The quantitative estimate of drug-likeness (QED) is 0.0137. The van der Waals surface area contributed by atoms with Crippen LogP contribution < -0.4 is 42.2 Å². The maximum Gasteiger partial charge on any atom is 0.431 e. The average molecular weight is 1840 g/mol. The van der Waals surface area contributed by atoms with E-state index in [1.54, 1.807) is 53.8 Å². The first-order chi connectivity index (χ1) is 60.8. The molecular formula is C87H107Cl2F6N13O18S. The average Bonchev–Trinajstić information content (AvgIpc) is 1.62. The predicted octanol–water partition coefficient (Wildman–Crippen LogP) is 11.5. The molecule has 7 amide bonds. The second-order valence-corrected chi connectivity index (χ2v) is 33.0. The predicted molar refractivity (Wildman–Crippen MR) is 463 cm³/mol. The number of hydrogen-bond acceptors (Lipinski definition) is 23. The number of carbonyl (C=O) groups excluding carboxylic acids is 7. The Bertz CT molecular complexity index is 4910. The number of para-hydroxylation sites is 2. The third kappa shape index (κ3) is 29.4. The van der Waals surface area contributed by atoms with E-state index in [1.807, 2.05) is 55.6 Å². The van der Waals surface area contributed by atoms with E-state index < -0.39 is 93.4 Å². The first-order valence-electron chi connectivity index (χ1n) is 41.4. The van der Waals surface area contributed by atoms with E-state index in [2.05, 4.69) is 42.0 Å². The number of aromatic nitrogens is 3. The maximum atomic E-state index is 14.1. The largest absolute Gasteiger partial charge is 0.445 e. The van der Waals surface area contributed by atoms with Crippen molar-refractivity contribution in [3.8, 4) is 33.6 Å². The van der Waals surface area contributed by atoms with E-state index in [0.29, 0.717) is 79.9 Å². The number of Topliss-reactive ketones (excluding diaryl/α,β-unsaturated/α-hetero) is 1. The zero-order valence-corrected chi connectivity index (χ0v) is 73.2. The van der Waals surface area contributed by atoms with Gasteiger partial charge in [0.1, 0.15) is 12.3 Å². The number of nitrogens with two attached hydrogens (primary N) is 1. The molecule has 9 rings (SSSR count). The van der Waals surface area contributed by atoms with Gasteiger partial charge in [0.2, 0.25) is 23.6 Å². The number of alkyl halides is 6. The lowest BCUT2D eigenvalue weighted by Gasteiger charge is -2.32. The molecule has 6 aromatic carbocycles. The number of likely N-dealkylation sites (N-methyl/N-ethyl adjacent to an activating group) is 1. The SMILES string of the molecule is CNCCOCCOCCOCCn1nnc2c1-c1ccccc1N(C(=O)CCC(=O)NCCOCCOCCOCCOCCC(=O)N[C@H](C(=O)C[C@@H](CCCNC(N)=O)C(=O)Nc1ccc(COC(=O)N(C)CCCS(=O)(=O)c3cccc(-c4ccc(C5CC(C(O)(C(F)(F)F)C(F)(F)F)=NN5c5c(Cl)cccc5Cl)cc4)c3)cc1)C(C)C)Cc1ccccc1-2. The van der Waals surface area contributed by atoms with Crippen molar-refractivity contribution in [2.75, 3.05) is 154 Å². The van der Waals surface area contributed by atoms with E-state index >= 15 is 0 Å². The molecule has 0 saturated heterocycles. The Morgan fingerprint density at radius 3 is 1.88 bits per heavy atom. The summed E-state index contributed by atoms with van der Waals surface area (Å²) in [6.45, 7) is 9.45. The molecule has 0 bridgehead atoms. The molecule has 0 saturated carbocycles. The fourth-order valence-electron chi connectivity index (χ4n) is 13.9. The molecule has 127 heavy (non-hydrogen) atoms. The third-order valence-electron chi connectivity index (χ3n) is 20.6. The molecule has 0 aliphatic carbocycles. The van der Waals surface area contributed by atoms with Gasteiger partial charge in [0.05, 0.1) is 161 Å². The number of aliphatic hydroxyl groups is 1.